The topological polar surface area (TPSA) is 67.4 Å². The summed E-state index contributed by atoms with van der Waals surface area (Å²) in [6.07, 6.45) is 0.703. The molecule has 0 radical (unpaired) electrons. The monoisotopic (exact) mass is 222 g/mol. The maximum atomic E-state index is 11.0. The van der Waals surface area contributed by atoms with E-state index in [0.29, 0.717) is 19.6 Å². The first-order valence-electron chi connectivity index (χ1n) is 4.29. The van der Waals surface area contributed by atoms with E-state index in [1.807, 2.05) is 0 Å². The average molecular weight is 223 g/mol. The Balaban J connectivity index is 3.51. The van der Waals surface area contributed by atoms with E-state index >= 15 is 0 Å². The molecule has 0 aliphatic rings. The van der Waals surface area contributed by atoms with Crippen molar-refractivity contribution in [1.29, 1.82) is 0 Å². The van der Waals surface area contributed by atoms with Gasteiger partial charge >= 0.3 is 6.03 Å². The molecule has 0 saturated heterocycles. The lowest BCUT2D eigenvalue weighted by molar-refractivity contribution is -0.119. The van der Waals surface area contributed by atoms with Crippen LogP contribution >= 0.6 is 11.6 Å². The van der Waals surface area contributed by atoms with Crippen molar-refractivity contribution < 1.29 is 14.3 Å². The molecule has 0 fully saturated rings. The molecule has 82 valence electrons. The van der Waals surface area contributed by atoms with Crippen molar-refractivity contribution >= 4 is 23.5 Å². The highest BCUT2D eigenvalue weighted by molar-refractivity contribution is 6.31. The van der Waals surface area contributed by atoms with Crippen molar-refractivity contribution in [3.63, 3.8) is 0 Å². The Hall–Kier alpha value is -0.810. The Morgan fingerprint density at radius 2 is 2.14 bits per heavy atom. The summed E-state index contributed by atoms with van der Waals surface area (Å²) in [5, 5.41) is 3.88. The molecule has 0 aliphatic carbocycles. The van der Waals surface area contributed by atoms with Crippen LogP contribution < -0.4 is 10.6 Å². The number of hydrogen-bond acceptors (Lipinski definition) is 3. The summed E-state index contributed by atoms with van der Waals surface area (Å²) in [7, 11) is 1.58. The molecule has 14 heavy (non-hydrogen) atoms. The van der Waals surface area contributed by atoms with Gasteiger partial charge in [-0.1, -0.05) is 0 Å². The van der Waals surface area contributed by atoms with Crippen LogP contribution in [-0.2, 0) is 9.53 Å². The molecule has 0 aromatic carbocycles. The van der Waals surface area contributed by atoms with Gasteiger partial charge in [-0.25, -0.2) is 4.79 Å². The first kappa shape index (κ1) is 13.2. The second-order valence-corrected chi connectivity index (χ2v) is 3.36. The van der Waals surface area contributed by atoms with Gasteiger partial charge in [-0.05, 0) is 13.3 Å². The van der Waals surface area contributed by atoms with E-state index in [9.17, 15) is 9.59 Å². The third kappa shape index (κ3) is 6.68. The summed E-state index contributed by atoms with van der Waals surface area (Å²) in [4.78, 5) is 21.9. The van der Waals surface area contributed by atoms with E-state index in [1.165, 1.54) is 6.92 Å². The Kier molecular flexibility index (Phi) is 7.14. The van der Waals surface area contributed by atoms with Gasteiger partial charge in [0.15, 0.2) is 0 Å². The minimum atomic E-state index is -0.709. The van der Waals surface area contributed by atoms with Crippen molar-refractivity contribution in [3.8, 4) is 0 Å². The van der Waals surface area contributed by atoms with Crippen molar-refractivity contribution in [3.05, 3.63) is 0 Å². The Morgan fingerprint density at radius 1 is 1.50 bits per heavy atom. The standard InChI is InChI=1S/C8H15ClN2O3/c1-6(9)7(12)11-8(13)10-4-3-5-14-2/h6H,3-5H2,1-2H3,(H2,10,11,12,13). The molecule has 0 aromatic heterocycles. The molecule has 0 saturated carbocycles. The summed E-state index contributed by atoms with van der Waals surface area (Å²) in [5.41, 5.74) is 0. The van der Waals surface area contributed by atoms with E-state index in [4.69, 9.17) is 16.3 Å². The summed E-state index contributed by atoms with van der Waals surface area (Å²) < 4.78 is 4.78. The molecule has 0 rings (SSSR count). The number of methoxy groups -OCH3 is 1. The summed E-state index contributed by atoms with van der Waals surface area (Å²) in [6, 6.07) is -0.529. The van der Waals surface area contributed by atoms with Gasteiger partial charge in [0, 0.05) is 20.3 Å². The van der Waals surface area contributed by atoms with Crippen molar-refractivity contribution in [2.24, 2.45) is 0 Å². The SMILES string of the molecule is COCCCNC(=O)NC(=O)C(C)Cl. The predicted molar refractivity (Wildman–Crippen MR) is 53.3 cm³/mol. The molecule has 1 atom stereocenters. The number of alkyl halides is 1. The molecular weight excluding hydrogens is 208 g/mol. The average Bonchev–Trinajstić information content (AvgIpc) is 2.12. The van der Waals surface area contributed by atoms with Crippen LogP contribution in [0.4, 0.5) is 4.79 Å². The number of ether oxygens (including phenoxy) is 1. The number of hydrogen-bond donors (Lipinski definition) is 2. The minimum Gasteiger partial charge on any atom is -0.385 e. The zero-order chi connectivity index (χ0) is 11.0. The lowest BCUT2D eigenvalue weighted by atomic mass is 10.4. The largest absolute Gasteiger partial charge is 0.385 e. The van der Waals surface area contributed by atoms with Gasteiger partial charge in [-0.2, -0.15) is 0 Å². The van der Waals surface area contributed by atoms with E-state index in [-0.39, 0.29) is 0 Å². The fourth-order valence-corrected chi connectivity index (χ4v) is 0.729. The second kappa shape index (κ2) is 7.58. The first-order chi connectivity index (χ1) is 6.57. The third-order valence-corrected chi connectivity index (χ3v) is 1.61. The minimum absolute atomic E-state index is 0.462. The highest BCUT2D eigenvalue weighted by Crippen LogP contribution is 1.91. The number of rotatable bonds is 5. The Bertz CT molecular complexity index is 197. The normalized spacial score (nSPS) is 11.9. The van der Waals surface area contributed by atoms with Gasteiger partial charge in [-0.3, -0.25) is 10.1 Å². The molecule has 0 bridgehead atoms. The van der Waals surface area contributed by atoms with Crippen LogP contribution in [0.1, 0.15) is 13.3 Å². The molecule has 0 aromatic rings. The van der Waals surface area contributed by atoms with E-state index < -0.39 is 17.3 Å². The Labute approximate surface area is 88.1 Å². The first-order valence-corrected chi connectivity index (χ1v) is 4.73. The maximum absolute atomic E-state index is 11.0. The van der Waals surface area contributed by atoms with E-state index in [1.54, 1.807) is 7.11 Å². The highest BCUT2D eigenvalue weighted by atomic mass is 35.5. The van der Waals surface area contributed by atoms with Crippen molar-refractivity contribution in [1.82, 2.24) is 10.6 Å². The van der Waals surface area contributed by atoms with Crippen LogP contribution in [0.3, 0.4) is 0 Å². The highest BCUT2D eigenvalue weighted by Gasteiger charge is 2.11. The molecule has 2 N–H and O–H groups in total. The number of imide groups is 1. The van der Waals surface area contributed by atoms with Gasteiger partial charge in [0.2, 0.25) is 5.91 Å². The van der Waals surface area contributed by atoms with E-state index in [0.717, 1.165) is 0 Å². The number of amides is 3. The molecule has 5 nitrogen and oxygen atoms in total. The fourth-order valence-electron chi connectivity index (χ4n) is 0.674. The molecule has 0 heterocycles. The fraction of sp³-hybridized carbons (Fsp3) is 0.750. The lowest BCUT2D eigenvalue weighted by Gasteiger charge is -2.06. The van der Waals surface area contributed by atoms with Crippen LogP contribution in [0.15, 0.2) is 0 Å². The summed E-state index contributed by atoms with van der Waals surface area (Å²) in [5.74, 6) is -0.504. The Morgan fingerprint density at radius 3 is 2.64 bits per heavy atom. The van der Waals surface area contributed by atoms with Crippen LogP contribution in [0.2, 0.25) is 0 Å². The molecule has 1 unspecified atom stereocenters. The second-order valence-electron chi connectivity index (χ2n) is 2.71. The van der Waals surface area contributed by atoms with Crippen LogP contribution in [0.25, 0.3) is 0 Å². The van der Waals surface area contributed by atoms with Gasteiger partial charge < -0.3 is 10.1 Å². The van der Waals surface area contributed by atoms with Crippen molar-refractivity contribution in [2.45, 2.75) is 18.7 Å². The molecule has 0 spiro atoms. The number of nitrogens with one attached hydrogen (secondary N) is 2. The zero-order valence-corrected chi connectivity index (χ0v) is 9.06. The van der Waals surface area contributed by atoms with Gasteiger partial charge in [-0.15, -0.1) is 11.6 Å². The summed E-state index contributed by atoms with van der Waals surface area (Å²) >= 11 is 5.44. The van der Waals surface area contributed by atoms with Gasteiger partial charge in [0.05, 0.1) is 0 Å². The smallest absolute Gasteiger partial charge is 0.321 e. The van der Waals surface area contributed by atoms with Gasteiger partial charge in [0.25, 0.3) is 0 Å². The quantitative estimate of drug-likeness (QED) is 0.525. The number of carbonyl (C=O) groups is 2. The number of urea groups is 1. The third-order valence-electron chi connectivity index (χ3n) is 1.41. The molecule has 6 heteroatoms. The van der Waals surface area contributed by atoms with Crippen molar-refractivity contribution in [2.75, 3.05) is 20.3 Å². The van der Waals surface area contributed by atoms with Crippen LogP contribution in [0, 0.1) is 0 Å². The maximum Gasteiger partial charge on any atom is 0.321 e. The zero-order valence-electron chi connectivity index (χ0n) is 8.30. The molecule has 3 amide bonds. The van der Waals surface area contributed by atoms with Crippen LogP contribution in [-0.4, -0.2) is 37.6 Å². The summed E-state index contributed by atoms with van der Waals surface area (Å²) in [6.45, 7) is 2.53. The van der Waals surface area contributed by atoms with Crippen LogP contribution in [0.5, 0.6) is 0 Å². The number of halogens is 1. The molecular formula is C8H15ClN2O3. The molecule has 0 aliphatic heterocycles. The predicted octanol–water partition coefficient (Wildman–Crippen LogP) is 0.476. The van der Waals surface area contributed by atoms with E-state index in [2.05, 4.69) is 10.6 Å². The van der Waals surface area contributed by atoms with Gasteiger partial charge in [0.1, 0.15) is 5.38 Å². The number of carbonyl (C=O) groups excluding carboxylic acids is 2. The lowest BCUT2D eigenvalue weighted by Crippen LogP contribution is -2.42.